The SMILES string of the molecule is COc1ccc([C@]2(O)CC[C@H](NC3CCN(C(=O)C4CCN(c5cc(C(F)(F)F)ccn5)CC4)C3)CC2)nc1. The van der Waals surface area contributed by atoms with Gasteiger partial charge in [-0.25, -0.2) is 4.98 Å². The Morgan fingerprint density at radius 2 is 1.79 bits per heavy atom. The molecule has 8 nitrogen and oxygen atoms in total. The van der Waals surface area contributed by atoms with Crippen LogP contribution in [0.5, 0.6) is 5.75 Å². The van der Waals surface area contributed by atoms with Crippen LogP contribution < -0.4 is 15.0 Å². The number of piperidine rings is 1. The minimum atomic E-state index is -4.40. The van der Waals surface area contributed by atoms with Crippen LogP contribution in [-0.2, 0) is 16.6 Å². The van der Waals surface area contributed by atoms with Gasteiger partial charge in [0.2, 0.25) is 5.91 Å². The van der Waals surface area contributed by atoms with Crippen LogP contribution in [0.4, 0.5) is 19.0 Å². The van der Waals surface area contributed by atoms with Gasteiger partial charge in [-0.3, -0.25) is 9.78 Å². The van der Waals surface area contributed by atoms with Crippen molar-refractivity contribution in [2.75, 3.05) is 38.2 Å². The standard InChI is InChI=1S/C28H36F3N5O3/c1-39-23-2-3-24(33-17-23)27(38)10-4-21(5-11-27)34-22-9-15-36(18-22)26(37)19-7-13-35(14-8-19)25-16-20(6-12-32-25)28(29,30)31/h2-3,6,12,16-17,19,21-22,34,38H,4-5,7-11,13-15,18H2,1H3/t21-,22?,27-. The summed E-state index contributed by atoms with van der Waals surface area (Å²) in [6.45, 7) is 2.38. The zero-order valence-corrected chi connectivity index (χ0v) is 22.2. The molecule has 212 valence electrons. The molecule has 11 heteroatoms. The quantitative estimate of drug-likeness (QED) is 0.570. The van der Waals surface area contributed by atoms with Gasteiger partial charge >= 0.3 is 6.18 Å². The maximum atomic E-state index is 13.2. The van der Waals surface area contributed by atoms with E-state index in [1.807, 2.05) is 21.9 Å². The van der Waals surface area contributed by atoms with Crippen LogP contribution in [0.25, 0.3) is 0 Å². The van der Waals surface area contributed by atoms with E-state index in [1.54, 1.807) is 13.3 Å². The number of hydrogen-bond acceptors (Lipinski definition) is 7. The first-order valence-corrected chi connectivity index (χ1v) is 13.7. The van der Waals surface area contributed by atoms with Crippen molar-refractivity contribution in [3.8, 4) is 5.75 Å². The van der Waals surface area contributed by atoms with Gasteiger partial charge in [-0.15, -0.1) is 0 Å². The average Bonchev–Trinajstić information content (AvgIpc) is 3.42. The fourth-order valence-electron chi connectivity index (χ4n) is 6.11. The molecule has 0 spiro atoms. The van der Waals surface area contributed by atoms with E-state index in [-0.39, 0.29) is 23.9 Å². The van der Waals surface area contributed by atoms with Crippen molar-refractivity contribution in [3.63, 3.8) is 0 Å². The molecule has 3 aliphatic rings. The highest BCUT2D eigenvalue weighted by atomic mass is 19.4. The number of carbonyl (C=O) groups is 1. The molecule has 0 bridgehead atoms. The maximum absolute atomic E-state index is 13.2. The minimum absolute atomic E-state index is 0.118. The number of aliphatic hydroxyl groups is 1. The predicted molar refractivity (Wildman–Crippen MR) is 139 cm³/mol. The number of aromatic nitrogens is 2. The van der Waals surface area contributed by atoms with E-state index < -0.39 is 17.3 Å². The summed E-state index contributed by atoms with van der Waals surface area (Å²) in [7, 11) is 1.59. The van der Waals surface area contributed by atoms with Crippen LogP contribution in [0.2, 0.25) is 0 Å². The molecule has 1 amide bonds. The summed E-state index contributed by atoms with van der Waals surface area (Å²) >= 11 is 0. The third-order valence-electron chi connectivity index (χ3n) is 8.47. The number of nitrogens with one attached hydrogen (secondary N) is 1. The Bertz CT molecular complexity index is 1130. The van der Waals surface area contributed by atoms with Crippen LogP contribution in [0.3, 0.4) is 0 Å². The number of hydrogen-bond donors (Lipinski definition) is 2. The number of amides is 1. The third-order valence-corrected chi connectivity index (χ3v) is 8.47. The van der Waals surface area contributed by atoms with Crippen LogP contribution in [-0.4, -0.2) is 71.3 Å². The van der Waals surface area contributed by atoms with Crippen molar-refractivity contribution in [2.45, 2.75) is 68.8 Å². The monoisotopic (exact) mass is 547 g/mol. The summed E-state index contributed by atoms with van der Waals surface area (Å²) in [5, 5.41) is 14.8. The van der Waals surface area contributed by atoms with Crippen molar-refractivity contribution in [3.05, 3.63) is 47.9 Å². The van der Waals surface area contributed by atoms with Crippen molar-refractivity contribution in [1.82, 2.24) is 20.2 Å². The molecule has 39 heavy (non-hydrogen) atoms. The third kappa shape index (κ3) is 6.30. The first-order chi connectivity index (χ1) is 18.6. The van der Waals surface area contributed by atoms with E-state index in [4.69, 9.17) is 4.74 Å². The highest BCUT2D eigenvalue weighted by Gasteiger charge is 2.38. The number of rotatable bonds is 6. The summed E-state index contributed by atoms with van der Waals surface area (Å²) in [6, 6.07) is 6.21. The van der Waals surface area contributed by atoms with Crippen LogP contribution in [0.15, 0.2) is 36.7 Å². The number of anilines is 1. The number of alkyl halides is 3. The van der Waals surface area contributed by atoms with E-state index in [0.717, 1.165) is 31.4 Å². The van der Waals surface area contributed by atoms with Crippen molar-refractivity contribution in [1.29, 1.82) is 0 Å². The van der Waals surface area contributed by atoms with Gasteiger partial charge in [0.25, 0.3) is 0 Å². The highest BCUT2D eigenvalue weighted by Crippen LogP contribution is 2.37. The Hall–Kier alpha value is -2.92. The lowest BCUT2D eigenvalue weighted by atomic mass is 9.79. The Labute approximate surface area is 226 Å². The van der Waals surface area contributed by atoms with E-state index in [1.165, 1.54) is 6.20 Å². The second-order valence-corrected chi connectivity index (χ2v) is 11.0. The zero-order valence-electron chi connectivity index (χ0n) is 22.2. The summed E-state index contributed by atoms with van der Waals surface area (Å²) < 4.78 is 44.4. The fourth-order valence-corrected chi connectivity index (χ4v) is 6.11. The molecule has 3 fully saturated rings. The molecular formula is C28H36F3N5O3. The molecule has 2 N–H and O–H groups in total. The van der Waals surface area contributed by atoms with Crippen LogP contribution in [0.1, 0.15) is 56.2 Å². The Morgan fingerprint density at radius 1 is 1.05 bits per heavy atom. The van der Waals surface area contributed by atoms with Gasteiger partial charge in [0.1, 0.15) is 17.2 Å². The number of pyridine rings is 2. The van der Waals surface area contributed by atoms with E-state index >= 15 is 0 Å². The largest absolute Gasteiger partial charge is 0.495 e. The van der Waals surface area contributed by atoms with Gasteiger partial charge in [-0.1, -0.05) is 0 Å². The summed E-state index contributed by atoms with van der Waals surface area (Å²) in [6.07, 6.45) is 3.42. The molecule has 1 atom stereocenters. The average molecular weight is 548 g/mol. The molecule has 2 aromatic heterocycles. The van der Waals surface area contributed by atoms with Gasteiger partial charge in [0.15, 0.2) is 0 Å². The second kappa shape index (κ2) is 11.3. The molecule has 1 saturated carbocycles. The van der Waals surface area contributed by atoms with Gasteiger partial charge in [0, 0.05) is 50.4 Å². The maximum Gasteiger partial charge on any atom is 0.416 e. The lowest BCUT2D eigenvalue weighted by molar-refractivity contribution is -0.137. The minimum Gasteiger partial charge on any atom is -0.495 e. The Balaban J connectivity index is 1.07. The number of methoxy groups -OCH3 is 1. The summed E-state index contributed by atoms with van der Waals surface area (Å²) in [5.41, 5.74) is -0.962. The first-order valence-electron chi connectivity index (χ1n) is 13.7. The van der Waals surface area contributed by atoms with E-state index in [0.29, 0.717) is 69.1 Å². The topological polar surface area (TPSA) is 90.8 Å². The Kier molecular flexibility index (Phi) is 8.00. The van der Waals surface area contributed by atoms with Crippen LogP contribution in [0, 0.1) is 5.92 Å². The number of nitrogens with zero attached hydrogens (tertiary/aromatic N) is 4. The normalized spacial score (nSPS) is 26.6. The smallest absolute Gasteiger partial charge is 0.416 e. The van der Waals surface area contributed by atoms with Gasteiger partial charge < -0.3 is 25.0 Å². The number of halogens is 3. The lowest BCUT2D eigenvalue weighted by Gasteiger charge is -2.37. The molecule has 1 unspecified atom stereocenters. The number of ether oxygens (including phenoxy) is 1. The zero-order chi connectivity index (χ0) is 27.6. The molecule has 0 aromatic carbocycles. The highest BCUT2D eigenvalue weighted by molar-refractivity contribution is 5.79. The van der Waals surface area contributed by atoms with Gasteiger partial charge in [0.05, 0.1) is 24.6 Å². The molecule has 1 aliphatic carbocycles. The molecular weight excluding hydrogens is 511 g/mol. The summed E-state index contributed by atoms with van der Waals surface area (Å²) in [4.78, 5) is 25.5. The molecule has 2 aliphatic heterocycles. The Morgan fingerprint density at radius 3 is 2.44 bits per heavy atom. The van der Waals surface area contributed by atoms with Gasteiger partial charge in [-0.2, -0.15) is 13.2 Å². The van der Waals surface area contributed by atoms with Crippen molar-refractivity contribution in [2.24, 2.45) is 5.92 Å². The molecule has 0 radical (unpaired) electrons. The first kappa shape index (κ1) is 27.6. The molecule has 4 heterocycles. The van der Waals surface area contributed by atoms with Crippen molar-refractivity contribution >= 4 is 11.7 Å². The molecule has 2 saturated heterocycles. The van der Waals surface area contributed by atoms with Crippen molar-refractivity contribution < 1.29 is 27.8 Å². The molecule has 2 aromatic rings. The number of carbonyl (C=O) groups excluding carboxylic acids is 1. The molecule has 5 rings (SSSR count). The lowest BCUT2D eigenvalue weighted by Crippen LogP contribution is -2.46. The van der Waals surface area contributed by atoms with E-state index in [9.17, 15) is 23.1 Å². The fraction of sp³-hybridized carbons (Fsp3) is 0.607. The van der Waals surface area contributed by atoms with E-state index in [2.05, 4.69) is 15.3 Å². The second-order valence-electron chi connectivity index (χ2n) is 11.0. The van der Waals surface area contributed by atoms with Crippen LogP contribution >= 0.6 is 0 Å². The number of likely N-dealkylation sites (tertiary alicyclic amines) is 1. The summed E-state index contributed by atoms with van der Waals surface area (Å²) in [5.74, 6) is 0.992. The van der Waals surface area contributed by atoms with Gasteiger partial charge in [-0.05, 0) is 69.2 Å². The predicted octanol–water partition coefficient (Wildman–Crippen LogP) is 3.74.